The normalized spacial score (nSPS) is 12.6. The third-order valence-electron chi connectivity index (χ3n) is 4.38. The molecule has 29 heavy (non-hydrogen) atoms. The van der Waals surface area contributed by atoms with Crippen molar-refractivity contribution in [2.45, 2.75) is 31.2 Å². The van der Waals surface area contributed by atoms with Crippen LogP contribution in [0.1, 0.15) is 40.2 Å². The van der Waals surface area contributed by atoms with Gasteiger partial charge in [0.15, 0.2) is 5.16 Å². The first kappa shape index (κ1) is 19.9. The van der Waals surface area contributed by atoms with Gasteiger partial charge in [0, 0.05) is 5.02 Å². The molecule has 7 nitrogen and oxygen atoms in total. The summed E-state index contributed by atoms with van der Waals surface area (Å²) >= 11 is 8.64. The number of nitrogens with one attached hydrogen (secondary N) is 2. The maximum Gasteiger partial charge on any atom is 0.348 e. The van der Waals surface area contributed by atoms with Crippen molar-refractivity contribution in [1.82, 2.24) is 19.9 Å². The smallest absolute Gasteiger partial charge is 0.348 e. The number of ether oxygens (including phenoxy) is 1. The lowest BCUT2D eigenvalue weighted by atomic mass is 10.2. The SMILES string of the molecule is CCOC(=O)c1sc2nc(C(C)Sc3nc4ccc(Cl)cc4[nH]3)[nH]c(=O)c2c1C. The molecule has 0 radical (unpaired) electrons. The van der Waals surface area contributed by atoms with Gasteiger partial charge in [0.05, 0.1) is 28.3 Å². The summed E-state index contributed by atoms with van der Waals surface area (Å²) in [5.41, 5.74) is 1.99. The molecule has 0 amide bonds. The van der Waals surface area contributed by atoms with Crippen LogP contribution in [0.3, 0.4) is 0 Å². The average molecular weight is 449 g/mol. The van der Waals surface area contributed by atoms with Gasteiger partial charge in [0.25, 0.3) is 5.56 Å². The van der Waals surface area contributed by atoms with Crippen LogP contribution >= 0.6 is 34.7 Å². The van der Waals surface area contributed by atoms with Crippen LogP contribution in [0.25, 0.3) is 21.3 Å². The molecule has 1 atom stereocenters. The monoisotopic (exact) mass is 448 g/mol. The number of carbonyl (C=O) groups is 1. The van der Waals surface area contributed by atoms with Gasteiger partial charge in [-0.05, 0) is 44.5 Å². The van der Waals surface area contributed by atoms with Crippen molar-refractivity contribution < 1.29 is 9.53 Å². The zero-order valence-electron chi connectivity index (χ0n) is 15.8. The number of thiophene rings is 1. The Labute approximate surface area is 178 Å². The van der Waals surface area contributed by atoms with Gasteiger partial charge in [-0.1, -0.05) is 23.4 Å². The van der Waals surface area contributed by atoms with Crippen LogP contribution in [-0.4, -0.2) is 32.5 Å². The molecule has 10 heteroatoms. The standard InChI is InChI=1S/C19H17ClN4O3S2/c1-4-27-18(26)14-8(2)13-16(25)23-15(24-17(13)29-14)9(3)28-19-21-11-6-5-10(20)7-12(11)22-19/h5-7,9H,4H2,1-3H3,(H,21,22)(H,23,24,25). The summed E-state index contributed by atoms with van der Waals surface area (Å²) < 4.78 is 5.08. The fraction of sp³-hybridized carbons (Fsp3) is 0.263. The van der Waals surface area contributed by atoms with Gasteiger partial charge in [0.2, 0.25) is 0 Å². The lowest BCUT2D eigenvalue weighted by molar-refractivity contribution is 0.0531. The Bertz CT molecular complexity index is 1290. The minimum Gasteiger partial charge on any atom is -0.462 e. The first-order valence-corrected chi connectivity index (χ1v) is 11.0. The van der Waals surface area contributed by atoms with E-state index in [4.69, 9.17) is 16.3 Å². The number of esters is 1. The van der Waals surface area contributed by atoms with E-state index < -0.39 is 5.97 Å². The molecule has 4 aromatic rings. The highest BCUT2D eigenvalue weighted by Gasteiger charge is 2.22. The van der Waals surface area contributed by atoms with Crippen molar-refractivity contribution in [2.24, 2.45) is 0 Å². The Morgan fingerprint density at radius 2 is 2.14 bits per heavy atom. The van der Waals surface area contributed by atoms with E-state index in [0.29, 0.717) is 36.7 Å². The number of hydrogen-bond acceptors (Lipinski definition) is 7. The predicted molar refractivity (Wildman–Crippen MR) is 116 cm³/mol. The summed E-state index contributed by atoms with van der Waals surface area (Å²) in [5.74, 6) is 0.0833. The quantitative estimate of drug-likeness (QED) is 0.334. The fourth-order valence-electron chi connectivity index (χ4n) is 2.98. The number of aryl methyl sites for hydroxylation is 1. The third kappa shape index (κ3) is 3.77. The van der Waals surface area contributed by atoms with Gasteiger partial charge >= 0.3 is 5.97 Å². The molecule has 2 N–H and O–H groups in total. The van der Waals surface area contributed by atoms with E-state index in [2.05, 4.69) is 19.9 Å². The number of H-pyrrole nitrogens is 2. The summed E-state index contributed by atoms with van der Waals surface area (Å²) in [6.07, 6.45) is 0. The Kier molecular flexibility index (Phi) is 5.37. The van der Waals surface area contributed by atoms with Crippen LogP contribution in [0.4, 0.5) is 0 Å². The number of thioether (sulfide) groups is 1. The predicted octanol–water partition coefficient (Wildman–Crippen LogP) is 4.85. The van der Waals surface area contributed by atoms with E-state index in [1.165, 1.54) is 23.1 Å². The number of aromatic amines is 2. The van der Waals surface area contributed by atoms with Crippen molar-refractivity contribution in [1.29, 1.82) is 0 Å². The van der Waals surface area contributed by atoms with Crippen LogP contribution in [-0.2, 0) is 4.74 Å². The second kappa shape index (κ2) is 7.81. The first-order chi connectivity index (χ1) is 13.9. The van der Waals surface area contributed by atoms with E-state index in [1.807, 2.05) is 19.1 Å². The molecule has 0 aliphatic heterocycles. The number of hydrogen-bond donors (Lipinski definition) is 2. The lowest BCUT2D eigenvalue weighted by Gasteiger charge is -2.08. The Hall–Kier alpha value is -2.36. The van der Waals surface area contributed by atoms with Gasteiger partial charge in [-0.15, -0.1) is 11.3 Å². The van der Waals surface area contributed by atoms with Crippen LogP contribution in [0, 0.1) is 6.92 Å². The number of rotatable bonds is 5. The molecule has 0 aliphatic rings. The van der Waals surface area contributed by atoms with Crippen LogP contribution in [0.5, 0.6) is 0 Å². The fourth-order valence-corrected chi connectivity index (χ4v) is 5.11. The molecule has 4 rings (SSSR count). The molecule has 0 bridgehead atoms. The summed E-state index contributed by atoms with van der Waals surface area (Å²) in [6, 6.07) is 5.45. The van der Waals surface area contributed by atoms with E-state index in [0.717, 1.165) is 11.0 Å². The molecule has 0 aliphatic carbocycles. The Balaban J connectivity index is 1.67. The Morgan fingerprint density at radius 3 is 2.90 bits per heavy atom. The molecule has 0 saturated heterocycles. The summed E-state index contributed by atoms with van der Waals surface area (Å²) in [4.78, 5) is 40.9. The van der Waals surface area contributed by atoms with Crippen molar-refractivity contribution >= 4 is 61.9 Å². The van der Waals surface area contributed by atoms with Crippen LogP contribution in [0.15, 0.2) is 28.2 Å². The number of benzene rings is 1. The third-order valence-corrected chi connectivity index (χ3v) is 6.77. The first-order valence-electron chi connectivity index (χ1n) is 8.89. The molecule has 3 aromatic heterocycles. The lowest BCUT2D eigenvalue weighted by Crippen LogP contribution is -2.13. The number of imidazole rings is 1. The van der Waals surface area contributed by atoms with E-state index in [9.17, 15) is 9.59 Å². The number of halogens is 1. The van der Waals surface area contributed by atoms with E-state index in [1.54, 1.807) is 19.9 Å². The van der Waals surface area contributed by atoms with Crippen molar-refractivity contribution in [3.8, 4) is 0 Å². The van der Waals surface area contributed by atoms with Crippen molar-refractivity contribution in [2.75, 3.05) is 6.61 Å². The molecular formula is C19H17ClN4O3S2. The highest BCUT2D eigenvalue weighted by molar-refractivity contribution is 7.99. The molecule has 0 fully saturated rings. The Morgan fingerprint density at radius 1 is 1.34 bits per heavy atom. The topological polar surface area (TPSA) is 101 Å². The largest absolute Gasteiger partial charge is 0.462 e. The van der Waals surface area contributed by atoms with Gasteiger partial charge in [-0.25, -0.2) is 14.8 Å². The van der Waals surface area contributed by atoms with Gasteiger partial charge < -0.3 is 14.7 Å². The highest BCUT2D eigenvalue weighted by Crippen LogP contribution is 2.34. The highest BCUT2D eigenvalue weighted by atomic mass is 35.5. The maximum atomic E-state index is 12.7. The molecule has 3 heterocycles. The molecule has 0 saturated carbocycles. The van der Waals surface area contributed by atoms with Crippen molar-refractivity contribution in [3.05, 3.63) is 49.8 Å². The number of nitrogens with zero attached hydrogens (tertiary/aromatic N) is 2. The molecule has 150 valence electrons. The van der Waals surface area contributed by atoms with Gasteiger partial charge in [-0.3, -0.25) is 4.79 Å². The van der Waals surface area contributed by atoms with Crippen LogP contribution in [0.2, 0.25) is 5.02 Å². The number of aromatic nitrogens is 4. The maximum absolute atomic E-state index is 12.7. The summed E-state index contributed by atoms with van der Waals surface area (Å²) in [7, 11) is 0. The van der Waals surface area contributed by atoms with E-state index in [-0.39, 0.29) is 17.4 Å². The molecular weight excluding hydrogens is 432 g/mol. The second-order valence-corrected chi connectivity index (χ2v) is 9.14. The minimum absolute atomic E-state index is 0.170. The number of carbonyl (C=O) groups excluding carboxylic acids is 1. The van der Waals surface area contributed by atoms with Gasteiger partial charge in [0.1, 0.15) is 15.5 Å². The average Bonchev–Trinajstić information content (AvgIpc) is 3.22. The second-order valence-electron chi connectivity index (χ2n) is 6.37. The van der Waals surface area contributed by atoms with E-state index >= 15 is 0 Å². The zero-order valence-corrected chi connectivity index (χ0v) is 18.2. The molecule has 1 unspecified atom stereocenters. The minimum atomic E-state index is -0.433. The van der Waals surface area contributed by atoms with Crippen LogP contribution < -0.4 is 5.56 Å². The van der Waals surface area contributed by atoms with Crippen molar-refractivity contribution in [3.63, 3.8) is 0 Å². The number of fused-ring (bicyclic) bond motifs is 2. The summed E-state index contributed by atoms with van der Waals surface area (Å²) in [5, 5.41) is 1.59. The summed E-state index contributed by atoms with van der Waals surface area (Å²) in [6.45, 7) is 5.69. The molecule has 0 spiro atoms. The van der Waals surface area contributed by atoms with Gasteiger partial charge in [-0.2, -0.15) is 0 Å². The zero-order chi connectivity index (χ0) is 20.7. The molecule has 1 aromatic carbocycles.